The molecule has 0 aromatic carbocycles. The van der Waals surface area contributed by atoms with E-state index in [0.29, 0.717) is 31.8 Å². The van der Waals surface area contributed by atoms with Crippen LogP contribution in [0.3, 0.4) is 0 Å². The Morgan fingerprint density at radius 2 is 2.14 bits per heavy atom. The van der Waals surface area contributed by atoms with Crippen molar-refractivity contribution in [3.63, 3.8) is 0 Å². The van der Waals surface area contributed by atoms with Gasteiger partial charge in [0.2, 0.25) is 11.8 Å². The minimum absolute atomic E-state index is 0.0901. The van der Waals surface area contributed by atoms with Gasteiger partial charge < -0.3 is 14.9 Å². The van der Waals surface area contributed by atoms with E-state index in [2.05, 4.69) is 0 Å². The molecule has 2 rings (SSSR count). The van der Waals surface area contributed by atoms with E-state index in [4.69, 9.17) is 5.11 Å². The highest BCUT2D eigenvalue weighted by Gasteiger charge is 2.39. The molecule has 2 heterocycles. The van der Waals surface area contributed by atoms with Crippen LogP contribution in [0.25, 0.3) is 0 Å². The van der Waals surface area contributed by atoms with Crippen molar-refractivity contribution in [2.45, 2.75) is 45.6 Å². The first-order valence-electron chi connectivity index (χ1n) is 7.87. The molecule has 0 saturated carbocycles. The maximum absolute atomic E-state index is 12.1. The smallest absolute Gasteiger partial charge is 0.246 e. The van der Waals surface area contributed by atoms with E-state index < -0.39 is 0 Å². The van der Waals surface area contributed by atoms with Crippen LogP contribution >= 0.6 is 0 Å². The highest BCUT2D eigenvalue weighted by molar-refractivity contribution is 5.88. The lowest BCUT2D eigenvalue weighted by Crippen LogP contribution is -2.57. The zero-order valence-corrected chi connectivity index (χ0v) is 13.0. The number of fused-ring (bicyclic) bond motifs is 1. The molecule has 118 valence electrons. The Morgan fingerprint density at radius 3 is 2.81 bits per heavy atom. The Labute approximate surface area is 126 Å². The van der Waals surface area contributed by atoms with Crippen molar-refractivity contribution in [2.24, 2.45) is 5.92 Å². The van der Waals surface area contributed by atoms with Crippen molar-refractivity contribution in [1.82, 2.24) is 9.80 Å². The average Bonchev–Trinajstić information content (AvgIpc) is 2.45. The molecule has 0 unspecified atom stereocenters. The molecule has 2 saturated heterocycles. The standard InChI is InChI=1S/C16H26N2O3/c1-12(2)10-16(21)17-8-6-14-13(11-17)4-5-15(20)18(14)7-3-9-19/h10,13-14,19H,3-9,11H2,1-2H3/t13-,14-/m0/s1. The predicted octanol–water partition coefficient (Wildman–Crippen LogP) is 1.17. The lowest BCUT2D eigenvalue weighted by Gasteiger charge is -2.47. The average molecular weight is 294 g/mol. The van der Waals surface area contributed by atoms with Crippen LogP contribution in [-0.4, -0.2) is 59.0 Å². The summed E-state index contributed by atoms with van der Waals surface area (Å²) in [5.41, 5.74) is 1.02. The second kappa shape index (κ2) is 7.07. The fourth-order valence-corrected chi connectivity index (χ4v) is 3.42. The normalized spacial score (nSPS) is 25.6. The fourth-order valence-electron chi connectivity index (χ4n) is 3.42. The quantitative estimate of drug-likeness (QED) is 0.792. The summed E-state index contributed by atoms with van der Waals surface area (Å²) in [6, 6.07) is 0.244. The number of allylic oxidation sites excluding steroid dienone is 1. The van der Waals surface area contributed by atoms with Crippen molar-refractivity contribution < 1.29 is 14.7 Å². The minimum Gasteiger partial charge on any atom is -0.396 e. The molecule has 5 heteroatoms. The number of aliphatic hydroxyl groups is 1. The largest absolute Gasteiger partial charge is 0.396 e. The Balaban J connectivity index is 2.00. The summed E-state index contributed by atoms with van der Waals surface area (Å²) < 4.78 is 0. The van der Waals surface area contributed by atoms with Gasteiger partial charge in [0.15, 0.2) is 0 Å². The van der Waals surface area contributed by atoms with E-state index in [-0.39, 0.29) is 24.5 Å². The summed E-state index contributed by atoms with van der Waals surface area (Å²) in [6.45, 7) is 6.08. The first-order valence-corrected chi connectivity index (χ1v) is 7.87. The lowest BCUT2D eigenvalue weighted by molar-refractivity contribution is -0.143. The predicted molar refractivity (Wildman–Crippen MR) is 80.6 cm³/mol. The summed E-state index contributed by atoms with van der Waals surface area (Å²) in [7, 11) is 0. The molecule has 2 amide bonds. The van der Waals surface area contributed by atoms with Gasteiger partial charge in [0.1, 0.15) is 0 Å². The zero-order chi connectivity index (χ0) is 15.4. The lowest BCUT2D eigenvalue weighted by atomic mass is 9.83. The first-order chi connectivity index (χ1) is 10.0. The number of likely N-dealkylation sites (tertiary alicyclic amines) is 2. The number of carbonyl (C=O) groups excluding carboxylic acids is 2. The van der Waals surface area contributed by atoms with Gasteiger partial charge in [0.25, 0.3) is 0 Å². The minimum atomic E-state index is 0.0901. The van der Waals surface area contributed by atoms with Crippen LogP contribution in [0.1, 0.15) is 39.5 Å². The summed E-state index contributed by atoms with van der Waals surface area (Å²) in [5.74, 6) is 0.672. The number of piperidine rings is 2. The number of rotatable bonds is 4. The maximum atomic E-state index is 12.1. The molecule has 0 aromatic rings. The van der Waals surface area contributed by atoms with Crippen molar-refractivity contribution in [1.29, 1.82) is 0 Å². The third-order valence-corrected chi connectivity index (χ3v) is 4.42. The number of hydrogen-bond acceptors (Lipinski definition) is 3. The first kappa shape index (κ1) is 16.0. The number of nitrogens with zero attached hydrogens (tertiary/aromatic N) is 2. The van der Waals surface area contributed by atoms with Gasteiger partial charge >= 0.3 is 0 Å². The summed E-state index contributed by atoms with van der Waals surface area (Å²) in [4.78, 5) is 28.1. The Morgan fingerprint density at radius 1 is 1.38 bits per heavy atom. The third-order valence-electron chi connectivity index (χ3n) is 4.42. The Kier molecular flexibility index (Phi) is 5.39. The van der Waals surface area contributed by atoms with E-state index in [9.17, 15) is 9.59 Å². The van der Waals surface area contributed by atoms with Crippen LogP contribution in [0.5, 0.6) is 0 Å². The van der Waals surface area contributed by atoms with Crippen LogP contribution in [0.2, 0.25) is 0 Å². The molecule has 0 bridgehead atoms. The number of hydrogen-bond donors (Lipinski definition) is 1. The topological polar surface area (TPSA) is 60.9 Å². The molecule has 0 spiro atoms. The van der Waals surface area contributed by atoms with Crippen LogP contribution in [0.15, 0.2) is 11.6 Å². The van der Waals surface area contributed by atoms with Crippen LogP contribution in [0.4, 0.5) is 0 Å². The number of amides is 2. The molecular weight excluding hydrogens is 268 g/mol. The molecule has 21 heavy (non-hydrogen) atoms. The van der Waals surface area contributed by atoms with Crippen LogP contribution in [-0.2, 0) is 9.59 Å². The molecule has 2 atom stereocenters. The number of aliphatic hydroxyl groups excluding tert-OH is 1. The van der Waals surface area contributed by atoms with E-state index >= 15 is 0 Å². The van der Waals surface area contributed by atoms with Gasteiger partial charge in [-0.15, -0.1) is 0 Å². The summed E-state index contributed by atoms with van der Waals surface area (Å²) >= 11 is 0. The van der Waals surface area contributed by atoms with Gasteiger partial charge in [-0.1, -0.05) is 5.57 Å². The SMILES string of the molecule is CC(C)=CC(=O)N1CC[C@H]2[C@@H](CCC(=O)N2CCCO)C1. The van der Waals surface area contributed by atoms with Crippen LogP contribution < -0.4 is 0 Å². The van der Waals surface area contributed by atoms with E-state index in [1.807, 2.05) is 23.6 Å². The van der Waals surface area contributed by atoms with Crippen molar-refractivity contribution in [2.75, 3.05) is 26.2 Å². The summed E-state index contributed by atoms with van der Waals surface area (Å²) in [5, 5.41) is 8.98. The number of carbonyl (C=O) groups is 2. The van der Waals surface area contributed by atoms with Crippen molar-refractivity contribution >= 4 is 11.8 Å². The van der Waals surface area contributed by atoms with Gasteiger partial charge in [0, 0.05) is 44.8 Å². The molecule has 2 fully saturated rings. The highest BCUT2D eigenvalue weighted by Crippen LogP contribution is 2.31. The second-order valence-electron chi connectivity index (χ2n) is 6.33. The van der Waals surface area contributed by atoms with Gasteiger partial charge in [-0.05, 0) is 39.0 Å². The third kappa shape index (κ3) is 3.84. The van der Waals surface area contributed by atoms with E-state index in [1.54, 1.807) is 6.08 Å². The molecule has 2 aliphatic heterocycles. The molecule has 0 aromatic heterocycles. The Hall–Kier alpha value is -1.36. The fraction of sp³-hybridized carbons (Fsp3) is 0.750. The van der Waals surface area contributed by atoms with E-state index in [0.717, 1.165) is 25.0 Å². The molecule has 0 radical (unpaired) electrons. The molecule has 0 aliphatic carbocycles. The molecule has 2 aliphatic rings. The summed E-state index contributed by atoms with van der Waals surface area (Å²) in [6.07, 6.45) is 4.62. The van der Waals surface area contributed by atoms with E-state index in [1.165, 1.54) is 0 Å². The Bertz CT molecular complexity index is 429. The maximum Gasteiger partial charge on any atom is 0.246 e. The highest BCUT2D eigenvalue weighted by atomic mass is 16.3. The van der Waals surface area contributed by atoms with Gasteiger partial charge in [0.05, 0.1) is 0 Å². The van der Waals surface area contributed by atoms with Gasteiger partial charge in [-0.3, -0.25) is 9.59 Å². The van der Waals surface area contributed by atoms with Gasteiger partial charge in [-0.2, -0.15) is 0 Å². The van der Waals surface area contributed by atoms with Gasteiger partial charge in [-0.25, -0.2) is 0 Å². The van der Waals surface area contributed by atoms with Crippen molar-refractivity contribution in [3.05, 3.63) is 11.6 Å². The molecular formula is C16H26N2O3. The monoisotopic (exact) mass is 294 g/mol. The molecule has 5 nitrogen and oxygen atoms in total. The zero-order valence-electron chi connectivity index (χ0n) is 13.0. The molecule has 1 N–H and O–H groups in total. The second-order valence-corrected chi connectivity index (χ2v) is 6.33. The van der Waals surface area contributed by atoms with Crippen molar-refractivity contribution in [3.8, 4) is 0 Å². The van der Waals surface area contributed by atoms with Crippen LogP contribution in [0, 0.1) is 5.92 Å².